The van der Waals surface area contributed by atoms with Crippen LogP contribution in [0.2, 0.25) is 0 Å². The molecule has 0 aliphatic rings. The van der Waals surface area contributed by atoms with Gasteiger partial charge in [0.15, 0.2) is 0 Å². The Kier molecular flexibility index (Phi) is 5.68. The minimum Gasteiger partial charge on any atom is -0.480 e. The first-order chi connectivity index (χ1) is 5.95. The van der Waals surface area contributed by atoms with Crippen LogP contribution in [0.1, 0.15) is 6.92 Å². The Balaban J connectivity index is 3.56. The van der Waals surface area contributed by atoms with Crippen molar-refractivity contribution >= 4 is 23.5 Å². The fourth-order valence-corrected chi connectivity index (χ4v) is 1.53. The summed E-state index contributed by atoms with van der Waals surface area (Å²) in [6.45, 7) is 1.41. The summed E-state index contributed by atoms with van der Waals surface area (Å²) >= 11 is 1.27. The summed E-state index contributed by atoms with van der Waals surface area (Å²) in [6, 6.07) is -1.41. The number of hydrogen-bond acceptors (Lipinski definition) is 5. The highest BCUT2D eigenvalue weighted by molar-refractivity contribution is 7.99. The molecule has 1 unspecified atom stereocenters. The van der Waals surface area contributed by atoms with Gasteiger partial charge in [-0.25, -0.2) is 0 Å². The molecular weight excluding hydrogens is 192 g/mol. The zero-order valence-corrected chi connectivity index (χ0v) is 8.21. The van der Waals surface area contributed by atoms with E-state index in [2.05, 4.69) is 0 Å². The summed E-state index contributed by atoms with van der Waals surface area (Å²) in [5.41, 5.74) is 10.7. The first-order valence-electron chi connectivity index (χ1n) is 3.77. The maximum Gasteiger partial charge on any atom is 0.321 e. The van der Waals surface area contributed by atoms with Gasteiger partial charge in [0.2, 0.25) is 0 Å². The van der Waals surface area contributed by atoms with Gasteiger partial charge in [0.05, 0.1) is 6.04 Å². The molecule has 0 aromatic rings. The van der Waals surface area contributed by atoms with E-state index in [-0.39, 0.29) is 11.5 Å². The summed E-state index contributed by atoms with van der Waals surface area (Å²) in [6.07, 6.45) is 0. The van der Waals surface area contributed by atoms with Crippen molar-refractivity contribution in [1.82, 2.24) is 0 Å². The van der Waals surface area contributed by atoms with E-state index >= 15 is 0 Å². The molecular formula is C7H14N2O3S. The highest BCUT2D eigenvalue weighted by Gasteiger charge is 2.13. The van der Waals surface area contributed by atoms with E-state index in [1.165, 1.54) is 18.7 Å². The van der Waals surface area contributed by atoms with Gasteiger partial charge >= 0.3 is 5.97 Å². The second kappa shape index (κ2) is 5.95. The van der Waals surface area contributed by atoms with Crippen LogP contribution in [0.3, 0.4) is 0 Å². The molecule has 0 amide bonds. The predicted octanol–water partition coefficient (Wildman–Crippen LogP) is -0.952. The van der Waals surface area contributed by atoms with Crippen molar-refractivity contribution in [3.05, 3.63) is 0 Å². The maximum atomic E-state index is 10.7. The van der Waals surface area contributed by atoms with E-state index in [9.17, 15) is 9.59 Å². The molecule has 6 heteroatoms. The Labute approximate surface area is 80.8 Å². The topological polar surface area (TPSA) is 106 Å². The summed E-state index contributed by atoms with van der Waals surface area (Å²) in [4.78, 5) is 20.9. The highest BCUT2D eigenvalue weighted by Crippen LogP contribution is 2.03. The Morgan fingerprint density at radius 3 is 2.15 bits per heavy atom. The molecule has 0 saturated heterocycles. The second-order valence-electron chi connectivity index (χ2n) is 2.70. The molecule has 0 saturated carbocycles. The van der Waals surface area contributed by atoms with E-state index in [1.54, 1.807) is 0 Å². The van der Waals surface area contributed by atoms with Crippen LogP contribution in [0.5, 0.6) is 0 Å². The molecule has 0 aliphatic heterocycles. The third-order valence-corrected chi connectivity index (χ3v) is 2.62. The lowest BCUT2D eigenvalue weighted by Gasteiger charge is -2.08. The lowest BCUT2D eigenvalue weighted by atomic mass is 10.3. The first-order valence-corrected chi connectivity index (χ1v) is 4.92. The van der Waals surface area contributed by atoms with E-state index in [1.807, 2.05) is 0 Å². The molecule has 5 nitrogen and oxygen atoms in total. The molecule has 0 rings (SSSR count). The summed E-state index contributed by atoms with van der Waals surface area (Å²) < 4.78 is 0. The number of nitrogens with two attached hydrogens (primary N) is 2. The molecule has 0 radical (unpaired) electrons. The van der Waals surface area contributed by atoms with Crippen molar-refractivity contribution in [2.24, 2.45) is 11.5 Å². The highest BCUT2D eigenvalue weighted by atomic mass is 32.2. The minimum atomic E-state index is -1.04. The van der Waals surface area contributed by atoms with Gasteiger partial charge < -0.3 is 16.6 Å². The maximum absolute atomic E-state index is 10.7. The summed E-state index contributed by atoms with van der Waals surface area (Å²) in [5, 5.41) is 8.42. The average Bonchev–Trinajstić information content (AvgIpc) is 2.03. The van der Waals surface area contributed by atoms with Crippen molar-refractivity contribution < 1.29 is 14.7 Å². The van der Waals surface area contributed by atoms with E-state index in [0.29, 0.717) is 5.75 Å². The van der Waals surface area contributed by atoms with Crippen LogP contribution in [0.4, 0.5) is 0 Å². The molecule has 0 spiro atoms. The predicted molar refractivity (Wildman–Crippen MR) is 51.6 cm³/mol. The molecule has 0 fully saturated rings. The van der Waals surface area contributed by atoms with E-state index < -0.39 is 18.1 Å². The molecule has 2 atom stereocenters. The number of Topliss-reactive ketones (excluding diaryl/α,β-unsaturated/α-hetero) is 1. The van der Waals surface area contributed by atoms with Crippen LogP contribution in [0.15, 0.2) is 0 Å². The van der Waals surface area contributed by atoms with Gasteiger partial charge in [-0.2, -0.15) is 11.8 Å². The lowest BCUT2D eigenvalue weighted by Crippen LogP contribution is -2.35. The Hall–Kier alpha value is -0.590. The zero-order chi connectivity index (χ0) is 10.4. The van der Waals surface area contributed by atoms with Crippen LogP contribution >= 0.6 is 11.8 Å². The Bertz CT molecular complexity index is 178. The quantitative estimate of drug-likeness (QED) is 0.517. The van der Waals surface area contributed by atoms with Crippen LogP contribution in [0.25, 0.3) is 0 Å². The summed E-state index contributed by atoms with van der Waals surface area (Å²) in [5.74, 6) is -0.451. The second-order valence-corrected chi connectivity index (χ2v) is 3.77. The van der Waals surface area contributed by atoms with E-state index in [0.717, 1.165) is 0 Å². The average molecular weight is 206 g/mol. The van der Waals surface area contributed by atoms with Gasteiger partial charge in [0, 0.05) is 11.5 Å². The molecule has 0 aromatic heterocycles. The zero-order valence-electron chi connectivity index (χ0n) is 7.40. The lowest BCUT2D eigenvalue weighted by molar-refractivity contribution is -0.137. The largest absolute Gasteiger partial charge is 0.480 e. The van der Waals surface area contributed by atoms with Crippen molar-refractivity contribution in [3.8, 4) is 0 Å². The molecule has 0 aliphatic carbocycles. The minimum absolute atomic E-state index is 0.101. The van der Waals surface area contributed by atoms with Crippen molar-refractivity contribution in [1.29, 1.82) is 0 Å². The number of thioether (sulfide) groups is 1. The number of carbonyl (C=O) groups excluding carboxylic acids is 1. The molecule has 5 N–H and O–H groups in total. The van der Waals surface area contributed by atoms with Gasteiger partial charge in [-0.15, -0.1) is 0 Å². The Morgan fingerprint density at radius 1 is 1.31 bits per heavy atom. The number of aliphatic carboxylic acids is 1. The number of carbonyl (C=O) groups is 2. The van der Waals surface area contributed by atoms with Crippen LogP contribution in [-0.4, -0.2) is 40.4 Å². The first kappa shape index (κ1) is 12.4. The van der Waals surface area contributed by atoms with Gasteiger partial charge in [-0.05, 0) is 6.92 Å². The van der Waals surface area contributed by atoms with Gasteiger partial charge in [0.1, 0.15) is 11.8 Å². The van der Waals surface area contributed by atoms with Crippen molar-refractivity contribution in [2.75, 3.05) is 11.5 Å². The molecule has 0 bridgehead atoms. The molecule has 13 heavy (non-hydrogen) atoms. The van der Waals surface area contributed by atoms with Gasteiger partial charge in [-0.3, -0.25) is 9.59 Å². The number of ketones is 1. The van der Waals surface area contributed by atoms with Crippen LogP contribution in [0, 0.1) is 0 Å². The monoisotopic (exact) mass is 206 g/mol. The smallest absolute Gasteiger partial charge is 0.321 e. The fraction of sp³-hybridized carbons (Fsp3) is 0.714. The molecule has 0 aromatic carbocycles. The number of hydrogen-bond donors (Lipinski definition) is 3. The van der Waals surface area contributed by atoms with E-state index in [4.69, 9.17) is 16.6 Å². The van der Waals surface area contributed by atoms with Crippen molar-refractivity contribution in [3.63, 3.8) is 0 Å². The molecule has 76 valence electrons. The van der Waals surface area contributed by atoms with Crippen LogP contribution < -0.4 is 11.5 Å². The number of rotatable bonds is 6. The van der Waals surface area contributed by atoms with Crippen LogP contribution in [-0.2, 0) is 9.59 Å². The van der Waals surface area contributed by atoms with Gasteiger partial charge in [0.25, 0.3) is 0 Å². The normalized spacial score (nSPS) is 15.0. The van der Waals surface area contributed by atoms with Crippen molar-refractivity contribution in [2.45, 2.75) is 19.0 Å². The molecule has 0 heterocycles. The number of carboxylic acids is 1. The standard InChI is InChI=1S/C7H14N2O3S/c1-4(10)5(8)2-13-3-6(9)7(11)12/h5-6H,2-3,8-9H2,1H3,(H,11,12)/t5-,6?/m0/s1. The van der Waals surface area contributed by atoms with Gasteiger partial charge in [-0.1, -0.05) is 0 Å². The Morgan fingerprint density at radius 2 is 1.77 bits per heavy atom. The fourth-order valence-electron chi connectivity index (χ4n) is 0.511. The SMILES string of the molecule is CC(=O)[C@@H](N)CSCC(N)C(=O)O. The third kappa shape index (κ3) is 5.62. The third-order valence-electron chi connectivity index (χ3n) is 1.43. The number of carboxylic acid groups (broad SMARTS) is 1. The summed E-state index contributed by atoms with van der Waals surface area (Å²) in [7, 11) is 0.